The lowest BCUT2D eigenvalue weighted by Crippen LogP contribution is -2.23. The number of hydrogen-bond acceptors (Lipinski definition) is 2. The fourth-order valence-electron chi connectivity index (χ4n) is 2.28. The first-order valence-corrected chi connectivity index (χ1v) is 6.16. The Hall–Kier alpha value is -0.860. The highest BCUT2D eigenvalue weighted by Crippen LogP contribution is 2.29. The molecule has 1 fully saturated rings. The minimum Gasteiger partial charge on any atom is -0.388 e. The van der Waals surface area contributed by atoms with Gasteiger partial charge >= 0.3 is 0 Å². The molecule has 0 radical (unpaired) electrons. The first-order chi connectivity index (χ1) is 7.81. The smallest absolute Gasteiger partial charge is 0.0840 e. The fourth-order valence-corrected chi connectivity index (χ4v) is 2.28. The number of hydrogen-bond donors (Lipinski definition) is 1. The topological polar surface area (TPSA) is 29.5 Å². The van der Waals surface area contributed by atoms with Gasteiger partial charge in [0.2, 0.25) is 0 Å². The number of aryl methyl sites for hydroxylation is 1. The van der Waals surface area contributed by atoms with Gasteiger partial charge in [0.15, 0.2) is 0 Å². The van der Waals surface area contributed by atoms with Crippen LogP contribution in [-0.4, -0.2) is 18.3 Å². The van der Waals surface area contributed by atoms with Crippen molar-refractivity contribution in [1.82, 2.24) is 0 Å². The second-order valence-electron chi connectivity index (χ2n) is 4.52. The molecule has 0 aliphatic carbocycles. The molecule has 1 aliphatic heterocycles. The Bertz CT molecular complexity index is 329. The van der Waals surface area contributed by atoms with E-state index >= 15 is 0 Å². The van der Waals surface area contributed by atoms with Crippen molar-refractivity contribution in [3.05, 3.63) is 35.4 Å². The van der Waals surface area contributed by atoms with E-state index in [9.17, 15) is 5.11 Å². The Morgan fingerprint density at radius 3 is 3.06 bits per heavy atom. The van der Waals surface area contributed by atoms with Crippen LogP contribution in [0.2, 0.25) is 0 Å². The fraction of sp³-hybridized carbons (Fsp3) is 0.571. The number of ether oxygens (including phenoxy) is 1. The molecule has 2 nitrogen and oxygen atoms in total. The Kier molecular flexibility index (Phi) is 3.97. The van der Waals surface area contributed by atoms with Crippen LogP contribution < -0.4 is 0 Å². The third kappa shape index (κ3) is 2.63. The van der Waals surface area contributed by atoms with Gasteiger partial charge in [0.25, 0.3) is 0 Å². The molecule has 16 heavy (non-hydrogen) atoms. The first kappa shape index (κ1) is 11.6. The van der Waals surface area contributed by atoms with Gasteiger partial charge in [-0.2, -0.15) is 0 Å². The molecule has 1 aromatic rings. The maximum atomic E-state index is 10.3. The lowest BCUT2D eigenvalue weighted by molar-refractivity contribution is -0.00998. The molecular formula is C14H20O2. The van der Waals surface area contributed by atoms with Crippen molar-refractivity contribution in [3.63, 3.8) is 0 Å². The van der Waals surface area contributed by atoms with Gasteiger partial charge in [-0.3, -0.25) is 0 Å². The van der Waals surface area contributed by atoms with Gasteiger partial charge in [0, 0.05) is 12.5 Å². The summed E-state index contributed by atoms with van der Waals surface area (Å²) < 4.78 is 5.42. The molecule has 1 N–H and O–H groups in total. The van der Waals surface area contributed by atoms with E-state index in [4.69, 9.17) is 4.74 Å². The molecule has 2 atom stereocenters. The van der Waals surface area contributed by atoms with Crippen LogP contribution in [-0.2, 0) is 11.2 Å². The second kappa shape index (κ2) is 5.46. The molecule has 0 bridgehead atoms. The molecule has 0 saturated carbocycles. The lowest BCUT2D eigenvalue weighted by atomic mass is 9.90. The third-order valence-corrected chi connectivity index (χ3v) is 3.34. The summed E-state index contributed by atoms with van der Waals surface area (Å²) in [5.74, 6) is 0.265. The number of aliphatic hydroxyl groups excluding tert-OH is 1. The highest BCUT2D eigenvalue weighted by atomic mass is 16.5. The van der Waals surface area contributed by atoms with E-state index in [1.807, 2.05) is 12.1 Å². The number of benzene rings is 1. The van der Waals surface area contributed by atoms with Gasteiger partial charge in [-0.05, 0) is 30.4 Å². The van der Waals surface area contributed by atoms with Crippen molar-refractivity contribution in [1.29, 1.82) is 0 Å². The van der Waals surface area contributed by atoms with Crippen LogP contribution >= 0.6 is 0 Å². The van der Waals surface area contributed by atoms with Gasteiger partial charge in [0.05, 0.1) is 12.7 Å². The van der Waals surface area contributed by atoms with E-state index in [2.05, 4.69) is 19.1 Å². The summed E-state index contributed by atoms with van der Waals surface area (Å²) >= 11 is 0. The minimum absolute atomic E-state index is 0.265. The summed E-state index contributed by atoms with van der Waals surface area (Å²) in [6, 6.07) is 8.26. The predicted octanol–water partition coefficient (Wildman–Crippen LogP) is 2.71. The average molecular weight is 220 g/mol. The van der Waals surface area contributed by atoms with E-state index in [-0.39, 0.29) is 12.0 Å². The maximum absolute atomic E-state index is 10.3. The van der Waals surface area contributed by atoms with Crippen molar-refractivity contribution in [2.75, 3.05) is 13.2 Å². The largest absolute Gasteiger partial charge is 0.388 e. The van der Waals surface area contributed by atoms with Crippen molar-refractivity contribution >= 4 is 0 Å². The monoisotopic (exact) mass is 220 g/mol. The van der Waals surface area contributed by atoms with Gasteiger partial charge in [-0.1, -0.05) is 31.2 Å². The molecule has 2 heteroatoms. The molecule has 1 aliphatic rings. The van der Waals surface area contributed by atoms with Gasteiger partial charge in [-0.15, -0.1) is 0 Å². The van der Waals surface area contributed by atoms with Crippen LogP contribution in [0.3, 0.4) is 0 Å². The summed E-state index contributed by atoms with van der Waals surface area (Å²) in [6.45, 7) is 3.67. The summed E-state index contributed by atoms with van der Waals surface area (Å²) in [5.41, 5.74) is 2.32. The zero-order chi connectivity index (χ0) is 11.4. The number of rotatable bonds is 3. The highest BCUT2D eigenvalue weighted by molar-refractivity contribution is 5.25. The zero-order valence-electron chi connectivity index (χ0n) is 9.86. The molecule has 1 heterocycles. The van der Waals surface area contributed by atoms with E-state index < -0.39 is 0 Å². The molecule has 1 aromatic carbocycles. The summed E-state index contributed by atoms with van der Waals surface area (Å²) in [5, 5.41) is 10.3. The van der Waals surface area contributed by atoms with Crippen molar-refractivity contribution in [3.8, 4) is 0 Å². The standard InChI is InChI=1S/C14H20O2/c1-2-11-5-3-6-12(9-11)14(15)13-7-4-8-16-10-13/h3,5-6,9,13-15H,2,4,7-8,10H2,1H3. The van der Waals surface area contributed by atoms with Crippen LogP contribution in [0.5, 0.6) is 0 Å². The van der Waals surface area contributed by atoms with Crippen LogP contribution in [0, 0.1) is 5.92 Å². The van der Waals surface area contributed by atoms with Crippen molar-refractivity contribution in [2.45, 2.75) is 32.3 Å². The molecule has 88 valence electrons. The third-order valence-electron chi connectivity index (χ3n) is 3.34. The van der Waals surface area contributed by atoms with Crippen LogP contribution in [0.15, 0.2) is 24.3 Å². The summed E-state index contributed by atoms with van der Waals surface area (Å²) in [7, 11) is 0. The highest BCUT2D eigenvalue weighted by Gasteiger charge is 2.23. The normalized spacial score (nSPS) is 23.0. The van der Waals surface area contributed by atoms with Gasteiger partial charge in [-0.25, -0.2) is 0 Å². The SMILES string of the molecule is CCc1cccc(C(O)C2CCCOC2)c1. The van der Waals surface area contributed by atoms with Crippen LogP contribution in [0.4, 0.5) is 0 Å². The Morgan fingerprint density at radius 1 is 1.50 bits per heavy atom. The molecular weight excluding hydrogens is 200 g/mol. The van der Waals surface area contributed by atoms with Crippen molar-refractivity contribution < 1.29 is 9.84 Å². The van der Waals surface area contributed by atoms with Crippen LogP contribution in [0.1, 0.15) is 37.0 Å². The second-order valence-corrected chi connectivity index (χ2v) is 4.52. The lowest BCUT2D eigenvalue weighted by Gasteiger charge is -2.27. The van der Waals surface area contributed by atoms with Crippen molar-refractivity contribution in [2.24, 2.45) is 5.92 Å². The molecule has 0 amide bonds. The predicted molar refractivity (Wildman–Crippen MR) is 64.3 cm³/mol. The van der Waals surface area contributed by atoms with Crippen LogP contribution in [0.25, 0.3) is 0 Å². The quantitative estimate of drug-likeness (QED) is 0.848. The van der Waals surface area contributed by atoms with E-state index in [1.165, 1.54) is 5.56 Å². The molecule has 2 rings (SSSR count). The Balaban J connectivity index is 2.09. The first-order valence-electron chi connectivity index (χ1n) is 6.16. The Morgan fingerprint density at radius 2 is 2.38 bits per heavy atom. The molecule has 0 aromatic heterocycles. The average Bonchev–Trinajstić information content (AvgIpc) is 2.39. The van der Waals surface area contributed by atoms with E-state index in [0.717, 1.165) is 31.4 Å². The molecule has 0 spiro atoms. The Labute approximate surface area is 97.3 Å². The van der Waals surface area contributed by atoms with Gasteiger partial charge in [0.1, 0.15) is 0 Å². The molecule has 1 saturated heterocycles. The summed E-state index contributed by atoms with van der Waals surface area (Å²) in [6.07, 6.45) is 2.78. The van der Waals surface area contributed by atoms with E-state index in [0.29, 0.717) is 6.61 Å². The molecule has 2 unspecified atom stereocenters. The zero-order valence-corrected chi connectivity index (χ0v) is 9.86. The number of aliphatic hydroxyl groups is 1. The maximum Gasteiger partial charge on any atom is 0.0840 e. The van der Waals surface area contributed by atoms with Gasteiger partial charge < -0.3 is 9.84 Å². The summed E-state index contributed by atoms with van der Waals surface area (Å²) in [4.78, 5) is 0. The minimum atomic E-state index is -0.369. The van der Waals surface area contributed by atoms with E-state index in [1.54, 1.807) is 0 Å².